The summed E-state index contributed by atoms with van der Waals surface area (Å²) in [6, 6.07) is 7.85. The highest BCUT2D eigenvalue weighted by Crippen LogP contribution is 2.37. The Morgan fingerprint density at radius 3 is 2.32 bits per heavy atom. The Morgan fingerprint density at radius 2 is 1.89 bits per heavy atom. The largest absolute Gasteiger partial charge is 0.383 e. The summed E-state index contributed by atoms with van der Waals surface area (Å²) in [7, 11) is -3.22. The quantitative estimate of drug-likeness (QED) is 0.883. The van der Waals surface area contributed by atoms with Crippen molar-refractivity contribution in [3.8, 4) is 0 Å². The van der Waals surface area contributed by atoms with E-state index in [0.29, 0.717) is 15.5 Å². The number of hydrogen-bond acceptors (Lipinski definition) is 4. The summed E-state index contributed by atoms with van der Waals surface area (Å²) < 4.78 is 23.5. The van der Waals surface area contributed by atoms with Gasteiger partial charge in [-0.3, -0.25) is 0 Å². The van der Waals surface area contributed by atoms with Gasteiger partial charge in [-0.2, -0.15) is 0 Å². The number of benzene rings is 1. The summed E-state index contributed by atoms with van der Waals surface area (Å²) in [5.74, 6) is 0. The zero-order chi connectivity index (χ0) is 14.2. The highest BCUT2D eigenvalue weighted by Gasteiger charge is 2.16. The molecule has 1 heterocycles. The van der Waals surface area contributed by atoms with Crippen LogP contribution in [0.15, 0.2) is 39.0 Å². The molecule has 0 aliphatic rings. The maximum Gasteiger partial charge on any atom is 0.175 e. The molecule has 0 radical (unpaired) electrons. The Hall–Kier alpha value is -0.400. The van der Waals surface area contributed by atoms with Gasteiger partial charge in [0, 0.05) is 11.1 Å². The van der Waals surface area contributed by atoms with Crippen molar-refractivity contribution in [2.75, 3.05) is 6.26 Å². The van der Waals surface area contributed by atoms with E-state index in [1.54, 1.807) is 18.2 Å². The van der Waals surface area contributed by atoms with Crippen molar-refractivity contribution in [3.05, 3.63) is 49.6 Å². The van der Waals surface area contributed by atoms with Gasteiger partial charge in [0.1, 0.15) is 6.10 Å². The van der Waals surface area contributed by atoms with E-state index in [9.17, 15) is 13.5 Å². The second kappa shape index (κ2) is 5.54. The van der Waals surface area contributed by atoms with Crippen molar-refractivity contribution >= 4 is 48.7 Å². The number of thiophene rings is 1. The Morgan fingerprint density at radius 1 is 1.32 bits per heavy atom. The summed E-state index contributed by atoms with van der Waals surface area (Å²) >= 11 is 10.6. The Labute approximate surface area is 128 Å². The zero-order valence-corrected chi connectivity index (χ0v) is 13.8. The van der Waals surface area contributed by atoms with Gasteiger partial charge in [-0.15, -0.1) is 11.3 Å². The molecule has 7 heteroatoms. The molecule has 0 aliphatic carbocycles. The molecule has 102 valence electrons. The van der Waals surface area contributed by atoms with E-state index in [1.807, 2.05) is 0 Å². The van der Waals surface area contributed by atoms with E-state index in [-0.39, 0.29) is 4.90 Å². The maximum absolute atomic E-state index is 11.3. The Kier molecular flexibility index (Phi) is 4.37. The number of halogens is 2. The van der Waals surface area contributed by atoms with Gasteiger partial charge in [0.15, 0.2) is 9.84 Å². The van der Waals surface area contributed by atoms with Crippen LogP contribution in [0.3, 0.4) is 0 Å². The fourth-order valence-corrected chi connectivity index (χ4v) is 3.95. The molecule has 0 fully saturated rings. The molecule has 1 N–H and O–H groups in total. The summed E-state index contributed by atoms with van der Waals surface area (Å²) in [4.78, 5) is 0.929. The Bertz CT molecular complexity index is 673. The molecule has 1 unspecified atom stereocenters. The molecule has 1 aromatic heterocycles. The second-order valence-electron chi connectivity index (χ2n) is 4.01. The molecule has 1 atom stereocenters. The van der Waals surface area contributed by atoms with Gasteiger partial charge >= 0.3 is 0 Å². The molecule has 2 rings (SSSR count). The number of rotatable bonds is 3. The number of aliphatic hydroxyl groups excluding tert-OH is 1. The van der Waals surface area contributed by atoms with E-state index >= 15 is 0 Å². The topological polar surface area (TPSA) is 54.4 Å². The molecule has 19 heavy (non-hydrogen) atoms. The molecule has 0 bridgehead atoms. The van der Waals surface area contributed by atoms with E-state index in [2.05, 4.69) is 15.9 Å². The zero-order valence-electron chi connectivity index (χ0n) is 9.80. The van der Waals surface area contributed by atoms with Crippen molar-refractivity contribution < 1.29 is 13.5 Å². The molecule has 0 saturated carbocycles. The minimum atomic E-state index is -3.22. The SMILES string of the molecule is CS(=O)(=O)c1ccc(C(O)c2cc(Cl)c(Br)s2)cc1. The minimum absolute atomic E-state index is 0.230. The standard InChI is InChI=1S/C12H10BrClO3S2/c1-19(16,17)8-4-2-7(3-5-8)11(15)10-6-9(14)12(13)18-10/h2-6,11,15H,1H3. The predicted molar refractivity (Wildman–Crippen MR) is 80.6 cm³/mol. The van der Waals surface area contributed by atoms with Crippen molar-refractivity contribution in [1.29, 1.82) is 0 Å². The van der Waals surface area contributed by atoms with Gasteiger partial charge in [-0.1, -0.05) is 23.7 Å². The molecule has 0 spiro atoms. The van der Waals surface area contributed by atoms with Gasteiger partial charge in [0.25, 0.3) is 0 Å². The van der Waals surface area contributed by atoms with E-state index in [1.165, 1.54) is 23.5 Å². The number of hydrogen-bond donors (Lipinski definition) is 1. The van der Waals surface area contributed by atoms with E-state index < -0.39 is 15.9 Å². The van der Waals surface area contributed by atoms with Crippen molar-refractivity contribution in [2.24, 2.45) is 0 Å². The first kappa shape index (κ1) is 15.0. The number of sulfone groups is 1. The van der Waals surface area contributed by atoms with Gasteiger partial charge in [-0.05, 0) is 39.7 Å². The first-order valence-corrected chi connectivity index (χ1v) is 9.10. The fraction of sp³-hybridized carbons (Fsp3) is 0.167. The normalized spacial score (nSPS) is 13.5. The summed E-state index contributed by atoms with van der Waals surface area (Å²) in [5, 5.41) is 10.8. The molecule has 3 nitrogen and oxygen atoms in total. The summed E-state index contributed by atoms with van der Waals surface area (Å²) in [6.45, 7) is 0. The molecule has 1 aromatic carbocycles. The Balaban J connectivity index is 2.32. The first-order valence-electron chi connectivity index (χ1n) is 5.22. The predicted octanol–water partition coefficient (Wildman–Crippen LogP) is 3.65. The van der Waals surface area contributed by atoms with Gasteiger partial charge in [0.2, 0.25) is 0 Å². The third kappa shape index (κ3) is 3.38. The van der Waals surface area contributed by atoms with Crippen molar-refractivity contribution in [2.45, 2.75) is 11.0 Å². The van der Waals surface area contributed by atoms with Crippen LogP contribution in [0.5, 0.6) is 0 Å². The van der Waals surface area contributed by atoms with Crippen LogP contribution in [0.4, 0.5) is 0 Å². The van der Waals surface area contributed by atoms with Crippen LogP contribution in [0.25, 0.3) is 0 Å². The van der Waals surface area contributed by atoms with E-state index in [4.69, 9.17) is 11.6 Å². The lowest BCUT2D eigenvalue weighted by atomic mass is 10.1. The highest BCUT2D eigenvalue weighted by molar-refractivity contribution is 9.11. The lowest BCUT2D eigenvalue weighted by Crippen LogP contribution is -2.00. The van der Waals surface area contributed by atoms with Crippen LogP contribution in [-0.4, -0.2) is 19.8 Å². The van der Waals surface area contributed by atoms with Crippen LogP contribution >= 0.6 is 38.9 Å². The molecule has 0 saturated heterocycles. The first-order chi connectivity index (χ1) is 8.79. The maximum atomic E-state index is 11.3. The fourth-order valence-electron chi connectivity index (χ4n) is 1.56. The molecule has 0 amide bonds. The third-order valence-corrected chi connectivity index (χ3v) is 6.21. The van der Waals surface area contributed by atoms with Crippen molar-refractivity contribution in [3.63, 3.8) is 0 Å². The van der Waals surface area contributed by atoms with Crippen molar-refractivity contribution in [1.82, 2.24) is 0 Å². The lowest BCUT2D eigenvalue weighted by Gasteiger charge is -2.09. The molecular weight excluding hydrogens is 372 g/mol. The van der Waals surface area contributed by atoms with Crippen LogP contribution in [0, 0.1) is 0 Å². The average molecular weight is 382 g/mol. The molecule has 0 aliphatic heterocycles. The van der Waals surface area contributed by atoms with Gasteiger partial charge in [-0.25, -0.2) is 8.42 Å². The highest BCUT2D eigenvalue weighted by atomic mass is 79.9. The second-order valence-corrected chi connectivity index (χ2v) is 8.84. The minimum Gasteiger partial charge on any atom is -0.383 e. The van der Waals surface area contributed by atoms with Crippen LogP contribution < -0.4 is 0 Å². The van der Waals surface area contributed by atoms with Gasteiger partial charge in [0.05, 0.1) is 13.7 Å². The smallest absolute Gasteiger partial charge is 0.175 e. The van der Waals surface area contributed by atoms with Crippen LogP contribution in [-0.2, 0) is 9.84 Å². The van der Waals surface area contributed by atoms with E-state index in [0.717, 1.165) is 10.0 Å². The lowest BCUT2D eigenvalue weighted by molar-refractivity contribution is 0.224. The summed E-state index contributed by atoms with van der Waals surface area (Å²) in [5.41, 5.74) is 0.623. The van der Waals surface area contributed by atoms with Crippen LogP contribution in [0.2, 0.25) is 5.02 Å². The average Bonchev–Trinajstić information content (AvgIpc) is 2.68. The monoisotopic (exact) mass is 380 g/mol. The third-order valence-electron chi connectivity index (χ3n) is 2.56. The van der Waals surface area contributed by atoms with Crippen LogP contribution in [0.1, 0.15) is 16.5 Å². The molecular formula is C12H10BrClO3S2. The number of aliphatic hydroxyl groups is 1. The molecule has 2 aromatic rings. The van der Waals surface area contributed by atoms with Gasteiger partial charge < -0.3 is 5.11 Å². The summed E-state index contributed by atoms with van der Waals surface area (Å²) in [6.07, 6.45) is 0.330.